The van der Waals surface area contributed by atoms with Gasteiger partial charge in [0, 0.05) is 12.2 Å². The minimum atomic E-state index is -0.512. The Hall–Kier alpha value is -2.76. The average molecular weight is 427 g/mol. The number of methoxy groups -OCH3 is 1. The second kappa shape index (κ2) is 9.16. The third kappa shape index (κ3) is 5.49. The number of carbonyl (C=O) groups is 1. The van der Waals surface area contributed by atoms with E-state index in [-0.39, 0.29) is 18.1 Å². The topological polar surface area (TPSA) is 60.9 Å². The number of hydrogen-bond donors (Lipinski definition) is 0. The molecule has 3 rings (SSSR count). The number of hydrogen-bond acceptors (Lipinski definition) is 5. The summed E-state index contributed by atoms with van der Waals surface area (Å²) in [4.78, 5) is 19.2. The van der Waals surface area contributed by atoms with Crippen LogP contribution in [0.3, 0.4) is 0 Å². The smallest absolute Gasteiger partial charge is 0.410 e. The van der Waals surface area contributed by atoms with Crippen LogP contribution in [0.4, 0.5) is 4.79 Å². The number of fused-ring (bicyclic) bond motifs is 1. The zero-order chi connectivity index (χ0) is 22.8. The molecule has 31 heavy (non-hydrogen) atoms. The van der Waals surface area contributed by atoms with Crippen molar-refractivity contribution in [1.82, 2.24) is 9.88 Å². The largest absolute Gasteiger partial charge is 0.495 e. The Morgan fingerprint density at radius 3 is 2.61 bits per heavy atom. The number of amides is 1. The van der Waals surface area contributed by atoms with Crippen LogP contribution in [-0.2, 0) is 17.8 Å². The first kappa shape index (κ1) is 22.9. The number of aromatic nitrogens is 1. The lowest BCUT2D eigenvalue weighted by Crippen LogP contribution is -2.44. The van der Waals surface area contributed by atoms with Crippen LogP contribution in [0.2, 0.25) is 0 Å². The molecule has 6 heteroatoms. The molecule has 0 aliphatic carbocycles. The first-order valence-corrected chi connectivity index (χ1v) is 10.8. The molecular formula is C25H34N2O4. The van der Waals surface area contributed by atoms with E-state index < -0.39 is 5.60 Å². The van der Waals surface area contributed by atoms with Crippen LogP contribution in [0.15, 0.2) is 30.3 Å². The van der Waals surface area contributed by atoms with Crippen molar-refractivity contribution in [3.05, 3.63) is 52.8 Å². The number of pyridine rings is 1. The van der Waals surface area contributed by atoms with Gasteiger partial charge in [0.1, 0.15) is 29.4 Å². The van der Waals surface area contributed by atoms with Crippen molar-refractivity contribution in [2.45, 2.75) is 66.2 Å². The molecule has 0 fully saturated rings. The van der Waals surface area contributed by atoms with E-state index in [1.165, 1.54) is 5.56 Å². The van der Waals surface area contributed by atoms with Gasteiger partial charge in [-0.1, -0.05) is 19.9 Å². The van der Waals surface area contributed by atoms with Crippen molar-refractivity contribution in [2.24, 2.45) is 5.92 Å². The van der Waals surface area contributed by atoms with E-state index in [1.54, 1.807) is 7.11 Å². The van der Waals surface area contributed by atoms with Gasteiger partial charge >= 0.3 is 6.09 Å². The van der Waals surface area contributed by atoms with E-state index in [0.717, 1.165) is 34.9 Å². The summed E-state index contributed by atoms with van der Waals surface area (Å²) >= 11 is 0. The first-order chi connectivity index (χ1) is 14.6. The summed E-state index contributed by atoms with van der Waals surface area (Å²) in [5.74, 6) is 1.77. The molecule has 0 N–H and O–H groups in total. The quantitative estimate of drug-likeness (QED) is 0.635. The van der Waals surface area contributed by atoms with Crippen LogP contribution in [0.1, 0.15) is 63.2 Å². The van der Waals surface area contributed by atoms with E-state index in [2.05, 4.69) is 31.0 Å². The van der Waals surface area contributed by atoms with Crippen molar-refractivity contribution in [1.29, 1.82) is 0 Å². The first-order valence-electron chi connectivity index (χ1n) is 10.8. The second-order valence-corrected chi connectivity index (χ2v) is 9.36. The van der Waals surface area contributed by atoms with Gasteiger partial charge in [-0.05, 0) is 75.4 Å². The third-order valence-corrected chi connectivity index (χ3v) is 5.32. The molecule has 0 spiro atoms. The second-order valence-electron chi connectivity index (χ2n) is 9.36. The highest BCUT2D eigenvalue weighted by Gasteiger charge is 2.35. The molecule has 2 heterocycles. The van der Waals surface area contributed by atoms with Crippen LogP contribution in [0, 0.1) is 12.8 Å². The van der Waals surface area contributed by atoms with Crippen LogP contribution in [-0.4, -0.2) is 35.2 Å². The van der Waals surface area contributed by atoms with Crippen LogP contribution in [0.25, 0.3) is 0 Å². The zero-order valence-electron chi connectivity index (χ0n) is 19.7. The van der Waals surface area contributed by atoms with Gasteiger partial charge in [-0.15, -0.1) is 0 Å². The Bertz CT molecular complexity index is 934. The fraction of sp³-hybridized carbons (Fsp3) is 0.520. The van der Waals surface area contributed by atoms with Crippen molar-refractivity contribution in [3.8, 4) is 11.5 Å². The molecule has 168 valence electrons. The predicted molar refractivity (Wildman–Crippen MR) is 121 cm³/mol. The lowest BCUT2D eigenvalue weighted by molar-refractivity contribution is 0.00876. The molecule has 1 aliphatic rings. The lowest BCUT2D eigenvalue weighted by Gasteiger charge is -2.40. The molecule has 6 nitrogen and oxygen atoms in total. The highest BCUT2D eigenvalue weighted by Crippen LogP contribution is 2.37. The number of aryl methyl sites for hydroxylation is 1. The molecule has 1 atom stereocenters. The summed E-state index contributed by atoms with van der Waals surface area (Å²) in [6.45, 7) is 12.9. The molecule has 0 bridgehead atoms. The Kier molecular flexibility index (Phi) is 6.77. The summed E-state index contributed by atoms with van der Waals surface area (Å²) in [5, 5.41) is 0. The average Bonchev–Trinajstić information content (AvgIpc) is 2.69. The van der Waals surface area contributed by atoms with Crippen molar-refractivity contribution in [2.75, 3.05) is 13.7 Å². The Morgan fingerprint density at radius 2 is 1.97 bits per heavy atom. The van der Waals surface area contributed by atoms with Gasteiger partial charge < -0.3 is 19.1 Å². The van der Waals surface area contributed by atoms with Gasteiger partial charge in [-0.3, -0.25) is 4.98 Å². The minimum Gasteiger partial charge on any atom is -0.495 e. The standard InChI is InChI=1S/C25H34N2O4/c1-16(2)23-20-10-9-19(30-15-21-22(29-7)11-8-17(3)26-21)14-18(20)12-13-27(23)24(28)31-25(4,5)6/h8-11,14,16,23H,12-13,15H2,1-7H3/t23-/m0/s1. The van der Waals surface area contributed by atoms with E-state index in [1.807, 2.05) is 50.8 Å². The Balaban J connectivity index is 1.79. The fourth-order valence-electron chi connectivity index (χ4n) is 4.01. The van der Waals surface area contributed by atoms with E-state index >= 15 is 0 Å². The molecule has 0 saturated carbocycles. The van der Waals surface area contributed by atoms with Crippen molar-refractivity contribution >= 4 is 6.09 Å². The maximum absolute atomic E-state index is 12.8. The monoisotopic (exact) mass is 426 g/mol. The summed E-state index contributed by atoms with van der Waals surface area (Å²) in [6, 6.07) is 9.93. The fourth-order valence-corrected chi connectivity index (χ4v) is 4.01. The van der Waals surface area contributed by atoms with Gasteiger partial charge in [-0.25, -0.2) is 4.79 Å². The molecule has 1 aromatic carbocycles. The van der Waals surface area contributed by atoms with Gasteiger partial charge in [0.05, 0.1) is 13.2 Å². The summed E-state index contributed by atoms with van der Waals surface area (Å²) in [5.41, 5.74) is 3.55. The number of carbonyl (C=O) groups excluding carboxylic acids is 1. The maximum Gasteiger partial charge on any atom is 0.410 e. The molecule has 2 aromatic rings. The van der Waals surface area contributed by atoms with Crippen LogP contribution < -0.4 is 9.47 Å². The van der Waals surface area contributed by atoms with E-state index in [4.69, 9.17) is 14.2 Å². The summed E-state index contributed by atoms with van der Waals surface area (Å²) in [6.07, 6.45) is 0.510. The van der Waals surface area contributed by atoms with Crippen molar-refractivity contribution < 1.29 is 19.0 Å². The molecule has 0 saturated heterocycles. The van der Waals surface area contributed by atoms with Crippen LogP contribution >= 0.6 is 0 Å². The normalized spacial score (nSPS) is 16.1. The zero-order valence-corrected chi connectivity index (χ0v) is 19.7. The molecule has 1 aromatic heterocycles. The molecule has 0 unspecified atom stereocenters. The SMILES string of the molecule is COc1ccc(C)nc1COc1ccc2c(c1)CCN(C(=O)OC(C)(C)C)[C@H]2C(C)C. The summed E-state index contributed by atoms with van der Waals surface area (Å²) < 4.78 is 17.1. The number of benzene rings is 1. The highest BCUT2D eigenvalue weighted by molar-refractivity contribution is 5.69. The van der Waals surface area contributed by atoms with Gasteiger partial charge in [-0.2, -0.15) is 0 Å². The summed E-state index contributed by atoms with van der Waals surface area (Å²) in [7, 11) is 1.64. The minimum absolute atomic E-state index is 0.0221. The third-order valence-electron chi connectivity index (χ3n) is 5.32. The molecule has 1 amide bonds. The Morgan fingerprint density at radius 1 is 1.23 bits per heavy atom. The van der Waals surface area contributed by atoms with Crippen LogP contribution in [0.5, 0.6) is 11.5 Å². The lowest BCUT2D eigenvalue weighted by atomic mass is 9.86. The molecule has 1 aliphatic heterocycles. The predicted octanol–water partition coefficient (Wildman–Crippen LogP) is 5.47. The van der Waals surface area contributed by atoms with E-state index in [0.29, 0.717) is 13.2 Å². The number of rotatable bonds is 5. The van der Waals surface area contributed by atoms with Gasteiger partial charge in [0.25, 0.3) is 0 Å². The molecular weight excluding hydrogens is 392 g/mol. The number of ether oxygens (including phenoxy) is 3. The maximum atomic E-state index is 12.8. The molecule has 0 radical (unpaired) electrons. The van der Waals surface area contributed by atoms with E-state index in [9.17, 15) is 4.79 Å². The van der Waals surface area contributed by atoms with Gasteiger partial charge in [0.15, 0.2) is 0 Å². The highest BCUT2D eigenvalue weighted by atomic mass is 16.6. The number of nitrogens with zero attached hydrogens (tertiary/aromatic N) is 2. The Labute approximate surface area is 185 Å². The van der Waals surface area contributed by atoms with Gasteiger partial charge in [0.2, 0.25) is 0 Å². The van der Waals surface area contributed by atoms with Crippen molar-refractivity contribution in [3.63, 3.8) is 0 Å².